The van der Waals surface area contributed by atoms with Crippen molar-refractivity contribution in [3.05, 3.63) is 46.5 Å². The van der Waals surface area contributed by atoms with Gasteiger partial charge >= 0.3 is 0 Å². The van der Waals surface area contributed by atoms with Crippen LogP contribution in [0.1, 0.15) is 15.9 Å². The van der Waals surface area contributed by atoms with Crippen molar-refractivity contribution >= 4 is 23.7 Å². The van der Waals surface area contributed by atoms with Crippen LogP contribution < -0.4 is 19.6 Å². The fraction of sp³-hybridized carbons (Fsp3) is 0.176. The molecule has 2 rings (SSSR count). The van der Waals surface area contributed by atoms with Crippen molar-refractivity contribution in [3.8, 4) is 23.0 Å². The molecule has 0 bridgehead atoms. The third-order valence-corrected chi connectivity index (χ3v) is 3.62. The van der Waals surface area contributed by atoms with Gasteiger partial charge in [0.05, 0.1) is 38.1 Å². The van der Waals surface area contributed by atoms with Gasteiger partial charge in [-0.25, -0.2) is 5.43 Å². The van der Waals surface area contributed by atoms with Crippen LogP contribution in [0.25, 0.3) is 0 Å². The zero-order chi connectivity index (χ0) is 18.4. The molecule has 2 aromatic rings. The van der Waals surface area contributed by atoms with E-state index in [1.54, 1.807) is 18.2 Å². The molecule has 0 aliphatic rings. The molecule has 0 atom stereocenters. The van der Waals surface area contributed by atoms with Gasteiger partial charge in [-0.1, -0.05) is 11.6 Å². The summed E-state index contributed by atoms with van der Waals surface area (Å²) >= 11 is 6.07. The van der Waals surface area contributed by atoms with Crippen molar-refractivity contribution in [1.29, 1.82) is 0 Å². The number of nitrogens with zero attached hydrogens (tertiary/aromatic N) is 1. The van der Waals surface area contributed by atoms with Crippen LogP contribution >= 0.6 is 11.6 Å². The number of carbonyl (C=O) groups is 1. The van der Waals surface area contributed by atoms with E-state index in [1.807, 2.05) is 0 Å². The Hall–Kier alpha value is -2.93. The maximum absolute atomic E-state index is 12.1. The molecule has 0 aliphatic carbocycles. The highest BCUT2D eigenvalue weighted by Gasteiger charge is 2.12. The number of aromatic hydroxyl groups is 1. The molecule has 2 N–H and O–H groups in total. The zero-order valence-corrected chi connectivity index (χ0v) is 14.6. The minimum atomic E-state index is -0.574. The molecule has 0 radical (unpaired) electrons. The number of methoxy groups -OCH3 is 3. The lowest BCUT2D eigenvalue weighted by Crippen LogP contribution is -2.17. The molecule has 132 valence electrons. The highest BCUT2D eigenvalue weighted by molar-refractivity contribution is 6.32. The third-order valence-electron chi connectivity index (χ3n) is 3.32. The minimum absolute atomic E-state index is 0.0673. The molecule has 1 amide bonds. The fourth-order valence-electron chi connectivity index (χ4n) is 2.04. The summed E-state index contributed by atoms with van der Waals surface area (Å²) < 4.78 is 15.3. The van der Waals surface area contributed by atoms with Gasteiger partial charge in [0.2, 0.25) is 0 Å². The van der Waals surface area contributed by atoms with Gasteiger partial charge in [0.1, 0.15) is 23.0 Å². The Balaban J connectivity index is 2.15. The van der Waals surface area contributed by atoms with Crippen molar-refractivity contribution in [3.63, 3.8) is 0 Å². The number of ether oxygens (including phenoxy) is 3. The highest BCUT2D eigenvalue weighted by atomic mass is 35.5. The van der Waals surface area contributed by atoms with E-state index in [9.17, 15) is 9.90 Å². The molecular formula is C17H17ClN2O5. The Labute approximate surface area is 149 Å². The number of phenols is 1. The van der Waals surface area contributed by atoms with Crippen LogP contribution in [0.2, 0.25) is 5.02 Å². The van der Waals surface area contributed by atoms with Crippen LogP contribution in [0.5, 0.6) is 23.0 Å². The number of halogens is 1. The molecule has 0 fully saturated rings. The summed E-state index contributed by atoms with van der Waals surface area (Å²) in [6.07, 6.45) is 1.38. The predicted octanol–water partition coefficient (Wildman–Crippen LogP) is 2.84. The van der Waals surface area contributed by atoms with E-state index in [1.165, 1.54) is 39.7 Å². The first kappa shape index (κ1) is 18.4. The molecule has 0 aliphatic heterocycles. The molecule has 25 heavy (non-hydrogen) atoms. The Morgan fingerprint density at radius 3 is 2.44 bits per heavy atom. The van der Waals surface area contributed by atoms with Crippen molar-refractivity contribution in [2.75, 3.05) is 21.3 Å². The number of hydrogen-bond acceptors (Lipinski definition) is 6. The van der Waals surface area contributed by atoms with Crippen LogP contribution in [-0.2, 0) is 0 Å². The summed E-state index contributed by atoms with van der Waals surface area (Å²) in [5.41, 5.74) is 2.94. The second-order valence-electron chi connectivity index (χ2n) is 4.81. The monoisotopic (exact) mass is 364 g/mol. The smallest absolute Gasteiger partial charge is 0.275 e. The molecule has 8 heteroatoms. The SMILES string of the molecule is COc1ccc(C(=O)N/N=C\c2cc(Cl)c(OC)cc2OC)c(O)c1. The standard InChI is InChI=1S/C17H17ClN2O5/c1-23-11-4-5-12(14(21)7-11)17(22)20-19-9-10-6-13(18)16(25-3)8-15(10)24-2/h4-9,21H,1-3H3,(H,20,22)/b19-9-. The van der Waals surface area contributed by atoms with E-state index < -0.39 is 5.91 Å². The lowest BCUT2D eigenvalue weighted by Gasteiger charge is -2.09. The molecule has 2 aromatic carbocycles. The summed E-state index contributed by atoms with van der Waals surface area (Å²) in [5, 5.41) is 14.1. The average molecular weight is 365 g/mol. The molecular weight excluding hydrogens is 348 g/mol. The number of amides is 1. The number of carbonyl (C=O) groups excluding carboxylic acids is 1. The first-order valence-electron chi connectivity index (χ1n) is 7.12. The van der Waals surface area contributed by atoms with E-state index in [2.05, 4.69) is 10.5 Å². The summed E-state index contributed by atoms with van der Waals surface area (Å²) in [6, 6.07) is 7.54. The quantitative estimate of drug-likeness (QED) is 0.607. The van der Waals surface area contributed by atoms with Gasteiger partial charge in [0, 0.05) is 17.7 Å². The maximum atomic E-state index is 12.1. The summed E-state index contributed by atoms with van der Waals surface area (Å²) in [7, 11) is 4.45. The van der Waals surface area contributed by atoms with E-state index in [4.69, 9.17) is 25.8 Å². The van der Waals surface area contributed by atoms with Gasteiger partial charge in [-0.3, -0.25) is 4.79 Å². The van der Waals surface area contributed by atoms with Gasteiger partial charge < -0.3 is 19.3 Å². The topological polar surface area (TPSA) is 89.4 Å². The van der Waals surface area contributed by atoms with E-state index in [0.717, 1.165) is 0 Å². The first-order valence-corrected chi connectivity index (χ1v) is 7.50. The number of hydrogen-bond donors (Lipinski definition) is 2. The van der Waals surface area contributed by atoms with Gasteiger partial charge in [-0.15, -0.1) is 0 Å². The van der Waals surface area contributed by atoms with Crippen LogP contribution in [0.3, 0.4) is 0 Å². The molecule has 7 nitrogen and oxygen atoms in total. The lowest BCUT2D eigenvalue weighted by atomic mass is 10.2. The highest BCUT2D eigenvalue weighted by Crippen LogP contribution is 2.31. The van der Waals surface area contributed by atoms with Crippen molar-refractivity contribution in [1.82, 2.24) is 5.43 Å². The van der Waals surface area contributed by atoms with Crippen LogP contribution in [0.15, 0.2) is 35.4 Å². The van der Waals surface area contributed by atoms with Crippen molar-refractivity contribution < 1.29 is 24.1 Å². The van der Waals surface area contributed by atoms with Gasteiger partial charge in [0.15, 0.2) is 0 Å². The lowest BCUT2D eigenvalue weighted by molar-refractivity contribution is 0.0952. The van der Waals surface area contributed by atoms with Gasteiger partial charge in [-0.2, -0.15) is 5.10 Å². The maximum Gasteiger partial charge on any atom is 0.275 e. The van der Waals surface area contributed by atoms with Crippen molar-refractivity contribution in [2.45, 2.75) is 0 Å². The van der Waals surface area contributed by atoms with Gasteiger partial charge in [0.25, 0.3) is 5.91 Å². The summed E-state index contributed by atoms with van der Waals surface area (Å²) in [6.45, 7) is 0. The molecule has 0 spiro atoms. The molecule has 0 unspecified atom stereocenters. The van der Waals surface area contributed by atoms with E-state index in [-0.39, 0.29) is 11.3 Å². The Morgan fingerprint density at radius 1 is 1.12 bits per heavy atom. The van der Waals surface area contributed by atoms with E-state index >= 15 is 0 Å². The van der Waals surface area contributed by atoms with Crippen LogP contribution in [0.4, 0.5) is 0 Å². The fourth-order valence-corrected chi connectivity index (χ4v) is 2.28. The van der Waals surface area contributed by atoms with Crippen molar-refractivity contribution in [2.24, 2.45) is 5.10 Å². The minimum Gasteiger partial charge on any atom is -0.507 e. The van der Waals surface area contributed by atoms with Crippen LogP contribution in [-0.4, -0.2) is 38.6 Å². The number of phenolic OH excluding ortho intramolecular Hbond substituents is 1. The van der Waals surface area contributed by atoms with E-state index in [0.29, 0.717) is 27.8 Å². The molecule has 0 saturated heterocycles. The number of benzene rings is 2. The number of nitrogens with one attached hydrogen (secondary N) is 1. The molecule has 0 saturated carbocycles. The Bertz CT molecular complexity index is 808. The number of hydrazone groups is 1. The molecule has 0 heterocycles. The normalized spacial score (nSPS) is 10.6. The number of rotatable bonds is 6. The average Bonchev–Trinajstić information content (AvgIpc) is 2.61. The second kappa shape index (κ2) is 8.25. The summed E-state index contributed by atoms with van der Waals surface area (Å²) in [4.78, 5) is 12.1. The first-order chi connectivity index (χ1) is 12.0. The largest absolute Gasteiger partial charge is 0.507 e. The zero-order valence-electron chi connectivity index (χ0n) is 13.9. The predicted molar refractivity (Wildman–Crippen MR) is 94.3 cm³/mol. The molecule has 0 aromatic heterocycles. The Morgan fingerprint density at radius 2 is 1.84 bits per heavy atom. The summed E-state index contributed by atoms with van der Waals surface area (Å²) in [5.74, 6) is 0.594. The van der Waals surface area contributed by atoms with Crippen LogP contribution in [0, 0.1) is 0 Å². The Kier molecular flexibility index (Phi) is 6.08. The second-order valence-corrected chi connectivity index (χ2v) is 5.22. The van der Waals surface area contributed by atoms with Gasteiger partial charge in [-0.05, 0) is 18.2 Å². The third kappa shape index (κ3) is 4.33.